The molecule has 0 aliphatic rings. The van der Waals surface area contributed by atoms with Crippen molar-refractivity contribution in [2.75, 3.05) is 12.0 Å². The monoisotopic (exact) mass is 355 g/mol. The van der Waals surface area contributed by atoms with Crippen molar-refractivity contribution in [3.8, 4) is 11.4 Å². The molecule has 2 aromatic rings. The van der Waals surface area contributed by atoms with E-state index in [0.29, 0.717) is 23.0 Å². The van der Waals surface area contributed by atoms with E-state index in [4.69, 9.17) is 11.6 Å². The minimum Gasteiger partial charge on any atom is -0.290 e. The van der Waals surface area contributed by atoms with E-state index in [0.717, 1.165) is 4.47 Å². The Morgan fingerprint density at radius 1 is 1.45 bits per heavy atom. The molecule has 1 aromatic heterocycles. The van der Waals surface area contributed by atoms with Crippen LogP contribution in [-0.4, -0.2) is 21.5 Å². The van der Waals surface area contributed by atoms with E-state index >= 15 is 0 Å². The Labute approximate surface area is 128 Å². The number of H-pyrrole nitrogens is 1. The molecular formula is C12H11BrClN5O. The minimum absolute atomic E-state index is 0.150. The van der Waals surface area contributed by atoms with Crippen molar-refractivity contribution >= 4 is 33.5 Å². The summed E-state index contributed by atoms with van der Waals surface area (Å²) in [6.45, 7) is 4.06. The van der Waals surface area contributed by atoms with E-state index in [1.807, 2.05) is 6.07 Å². The molecule has 6 nitrogen and oxygen atoms in total. The zero-order valence-electron chi connectivity index (χ0n) is 10.3. The van der Waals surface area contributed by atoms with Crippen molar-refractivity contribution in [2.45, 2.75) is 0 Å². The van der Waals surface area contributed by atoms with Crippen LogP contribution >= 0.6 is 27.5 Å². The summed E-state index contributed by atoms with van der Waals surface area (Å²) in [5, 5.41) is 0.471. The van der Waals surface area contributed by atoms with Crippen molar-refractivity contribution in [1.82, 2.24) is 20.4 Å². The number of hydrazine groups is 1. The van der Waals surface area contributed by atoms with Gasteiger partial charge in [0.15, 0.2) is 0 Å². The van der Waals surface area contributed by atoms with Gasteiger partial charge in [-0.15, -0.1) is 6.58 Å². The molecule has 3 N–H and O–H groups in total. The summed E-state index contributed by atoms with van der Waals surface area (Å²) in [4.78, 5) is 22.1. The van der Waals surface area contributed by atoms with Crippen molar-refractivity contribution in [3.63, 3.8) is 0 Å². The molecule has 104 valence electrons. The molecule has 8 heteroatoms. The highest BCUT2D eigenvalue weighted by atomic mass is 79.9. The third-order valence-electron chi connectivity index (χ3n) is 2.30. The Bertz CT molecular complexity index is 668. The van der Waals surface area contributed by atoms with Crippen LogP contribution in [0.1, 0.15) is 0 Å². The van der Waals surface area contributed by atoms with Gasteiger partial charge in [0.05, 0.1) is 10.6 Å². The average molecular weight is 357 g/mol. The Hall–Kier alpha value is -1.70. The number of nitrogens with zero attached hydrogens (tertiary/aromatic N) is 2. The first kappa shape index (κ1) is 14.7. The second kappa shape index (κ2) is 6.65. The molecule has 0 aliphatic carbocycles. The molecule has 0 amide bonds. The second-order valence-corrected chi connectivity index (χ2v) is 4.98. The summed E-state index contributed by atoms with van der Waals surface area (Å²) in [6, 6.07) is 5.32. The van der Waals surface area contributed by atoms with E-state index in [1.165, 1.54) is 0 Å². The number of rotatable bonds is 5. The molecule has 0 spiro atoms. The minimum atomic E-state index is -0.523. The van der Waals surface area contributed by atoms with Gasteiger partial charge in [0.2, 0.25) is 5.95 Å². The summed E-state index contributed by atoms with van der Waals surface area (Å²) in [6.07, 6.45) is 1.66. The fraction of sp³-hybridized carbons (Fsp3) is 0.0833. The molecule has 0 radical (unpaired) electrons. The summed E-state index contributed by atoms with van der Waals surface area (Å²) in [5.74, 6) is 0.475. The molecule has 0 aliphatic heterocycles. The molecule has 0 unspecified atom stereocenters. The Morgan fingerprint density at radius 2 is 2.25 bits per heavy atom. The molecule has 20 heavy (non-hydrogen) atoms. The fourth-order valence-corrected chi connectivity index (χ4v) is 2.42. The third-order valence-corrected chi connectivity index (χ3v) is 3.27. The van der Waals surface area contributed by atoms with Gasteiger partial charge < -0.3 is 0 Å². The molecule has 0 bridgehead atoms. The zero-order chi connectivity index (χ0) is 14.5. The summed E-state index contributed by atoms with van der Waals surface area (Å²) >= 11 is 9.51. The van der Waals surface area contributed by atoms with Crippen LogP contribution in [0.25, 0.3) is 11.4 Å². The van der Waals surface area contributed by atoms with Gasteiger partial charge in [-0.05, 0) is 28.1 Å². The standard InChI is InChI=1S/C12H11BrClN5O/c1-2-6-15-19-11-16-10(17-12(20)18-11)9-7(13)4-3-5-8(9)14/h2-5,15H,1,6H2,(H2,16,17,18,19,20). The predicted molar refractivity (Wildman–Crippen MR) is 82.6 cm³/mol. The smallest absolute Gasteiger partial charge is 0.290 e. The number of aromatic nitrogens is 3. The van der Waals surface area contributed by atoms with Crippen LogP contribution in [0.3, 0.4) is 0 Å². The highest BCUT2D eigenvalue weighted by Crippen LogP contribution is 2.32. The summed E-state index contributed by atoms with van der Waals surface area (Å²) in [7, 11) is 0. The van der Waals surface area contributed by atoms with E-state index < -0.39 is 5.69 Å². The quantitative estimate of drug-likeness (QED) is 0.435. The first-order valence-electron chi connectivity index (χ1n) is 5.64. The summed E-state index contributed by atoms with van der Waals surface area (Å²) in [5.41, 5.74) is 5.58. The number of halogens is 2. The van der Waals surface area contributed by atoms with Crippen LogP contribution in [-0.2, 0) is 0 Å². The third kappa shape index (κ3) is 3.44. The van der Waals surface area contributed by atoms with Crippen LogP contribution in [0.5, 0.6) is 0 Å². The van der Waals surface area contributed by atoms with Crippen LogP contribution in [0.4, 0.5) is 5.95 Å². The fourth-order valence-electron chi connectivity index (χ4n) is 1.48. The zero-order valence-corrected chi connectivity index (χ0v) is 12.6. The van der Waals surface area contributed by atoms with Crippen molar-refractivity contribution in [2.24, 2.45) is 0 Å². The van der Waals surface area contributed by atoms with Gasteiger partial charge in [-0.1, -0.05) is 23.7 Å². The Balaban J connectivity index is 2.42. The van der Waals surface area contributed by atoms with Crippen LogP contribution in [0, 0.1) is 0 Å². The topological polar surface area (TPSA) is 82.7 Å². The van der Waals surface area contributed by atoms with E-state index in [2.05, 4.69) is 48.3 Å². The van der Waals surface area contributed by atoms with Crippen LogP contribution < -0.4 is 16.5 Å². The van der Waals surface area contributed by atoms with Crippen LogP contribution in [0.15, 0.2) is 40.1 Å². The van der Waals surface area contributed by atoms with Gasteiger partial charge in [-0.25, -0.2) is 10.2 Å². The number of aromatic amines is 1. The average Bonchev–Trinajstić information content (AvgIpc) is 2.38. The lowest BCUT2D eigenvalue weighted by Crippen LogP contribution is -2.26. The molecule has 0 saturated heterocycles. The van der Waals surface area contributed by atoms with E-state index in [-0.39, 0.29) is 5.95 Å². The van der Waals surface area contributed by atoms with Crippen molar-refractivity contribution in [3.05, 3.63) is 50.8 Å². The number of hydrogen-bond donors (Lipinski definition) is 3. The van der Waals surface area contributed by atoms with Gasteiger partial charge in [0.1, 0.15) is 5.82 Å². The first-order valence-corrected chi connectivity index (χ1v) is 6.81. The molecule has 2 rings (SSSR count). The highest BCUT2D eigenvalue weighted by molar-refractivity contribution is 9.10. The largest absolute Gasteiger partial charge is 0.349 e. The molecular weight excluding hydrogens is 346 g/mol. The number of benzene rings is 1. The van der Waals surface area contributed by atoms with Gasteiger partial charge in [0, 0.05) is 11.0 Å². The molecule has 1 heterocycles. The molecule has 0 fully saturated rings. The van der Waals surface area contributed by atoms with Gasteiger partial charge in [0.25, 0.3) is 0 Å². The molecule has 1 aromatic carbocycles. The van der Waals surface area contributed by atoms with Gasteiger partial charge in [-0.2, -0.15) is 9.97 Å². The van der Waals surface area contributed by atoms with Crippen molar-refractivity contribution in [1.29, 1.82) is 0 Å². The number of nitrogens with one attached hydrogen (secondary N) is 3. The van der Waals surface area contributed by atoms with E-state index in [9.17, 15) is 4.79 Å². The maximum absolute atomic E-state index is 11.6. The lowest BCUT2D eigenvalue weighted by Gasteiger charge is -2.08. The SMILES string of the molecule is C=CCNNc1nc(-c2c(Cl)cccc2Br)[nH]c(=O)n1. The molecule has 0 saturated carbocycles. The highest BCUT2D eigenvalue weighted by Gasteiger charge is 2.12. The maximum Gasteiger partial charge on any atom is 0.349 e. The predicted octanol–water partition coefficient (Wildman–Crippen LogP) is 2.35. The lowest BCUT2D eigenvalue weighted by molar-refractivity contribution is 0.854. The lowest BCUT2D eigenvalue weighted by atomic mass is 10.2. The number of hydrogen-bond acceptors (Lipinski definition) is 5. The second-order valence-electron chi connectivity index (χ2n) is 3.72. The summed E-state index contributed by atoms with van der Waals surface area (Å²) < 4.78 is 0.726. The Kier molecular flexibility index (Phi) is 4.89. The van der Waals surface area contributed by atoms with E-state index in [1.54, 1.807) is 18.2 Å². The van der Waals surface area contributed by atoms with Crippen molar-refractivity contribution < 1.29 is 0 Å². The maximum atomic E-state index is 11.6. The van der Waals surface area contributed by atoms with Gasteiger partial charge in [-0.3, -0.25) is 10.4 Å². The van der Waals surface area contributed by atoms with Gasteiger partial charge >= 0.3 is 5.69 Å². The Morgan fingerprint density at radius 3 is 2.95 bits per heavy atom. The normalized spacial score (nSPS) is 10.3. The molecule has 0 atom stereocenters. The van der Waals surface area contributed by atoms with Crippen LogP contribution in [0.2, 0.25) is 5.02 Å². The number of anilines is 1. The first-order chi connectivity index (χ1) is 9.61.